The summed E-state index contributed by atoms with van der Waals surface area (Å²) in [4.78, 5) is 62.8. The third-order valence-corrected chi connectivity index (χ3v) is 8.10. The quantitative estimate of drug-likeness (QED) is 0.306. The molecule has 1 aliphatic heterocycles. The standard InChI is InChI=1S/C29H30N10O3/c1-15-6-7-30-26(33-15)19-9-20(19)28(41)36-24-10-23(31-14-32-24)34-16(2)21-12-38-11-18(17-4-5-17)8-22(27(38)35-21)39-13-25(40)37(3)29(39)42/h6-8,10-12,14,16-17,19-20H,4-5,9,13H2,1-3H3,(H2,31,32,34,36,41)/t16-,19?,20?/m1/s1. The van der Waals surface area contributed by atoms with Crippen molar-refractivity contribution in [3.8, 4) is 0 Å². The lowest BCUT2D eigenvalue weighted by molar-refractivity contribution is -0.124. The van der Waals surface area contributed by atoms with Gasteiger partial charge in [0.2, 0.25) is 11.8 Å². The average molecular weight is 567 g/mol. The van der Waals surface area contributed by atoms with Crippen LogP contribution in [0, 0.1) is 12.8 Å². The van der Waals surface area contributed by atoms with Gasteiger partial charge in [-0.3, -0.25) is 19.4 Å². The smallest absolute Gasteiger partial charge is 0.331 e. The largest absolute Gasteiger partial charge is 0.362 e. The van der Waals surface area contributed by atoms with E-state index >= 15 is 0 Å². The molecule has 2 unspecified atom stereocenters. The van der Waals surface area contributed by atoms with Crippen LogP contribution in [0.25, 0.3) is 5.65 Å². The molecule has 0 radical (unpaired) electrons. The summed E-state index contributed by atoms with van der Waals surface area (Å²) in [7, 11) is 1.50. The van der Waals surface area contributed by atoms with Crippen LogP contribution in [-0.4, -0.2) is 65.7 Å². The molecule has 13 nitrogen and oxygen atoms in total. The van der Waals surface area contributed by atoms with Crippen molar-refractivity contribution in [2.45, 2.75) is 51.0 Å². The lowest BCUT2D eigenvalue weighted by Gasteiger charge is -2.17. The van der Waals surface area contributed by atoms with Crippen molar-refractivity contribution < 1.29 is 14.4 Å². The van der Waals surface area contributed by atoms with E-state index < -0.39 is 0 Å². The van der Waals surface area contributed by atoms with Crippen LogP contribution in [0.2, 0.25) is 0 Å². The Labute approximate surface area is 241 Å². The summed E-state index contributed by atoms with van der Waals surface area (Å²) in [6, 6.07) is 4.89. The van der Waals surface area contributed by atoms with Crippen LogP contribution in [0.15, 0.2) is 43.1 Å². The number of carbonyl (C=O) groups excluding carboxylic acids is 3. The number of amides is 4. The van der Waals surface area contributed by atoms with Gasteiger partial charge in [0.1, 0.15) is 30.3 Å². The Kier molecular flexibility index (Phi) is 6.10. The number of hydrogen-bond donors (Lipinski definition) is 2. The Morgan fingerprint density at radius 1 is 1.07 bits per heavy atom. The lowest BCUT2D eigenvalue weighted by atomic mass is 10.1. The first-order valence-corrected chi connectivity index (χ1v) is 14.0. The number of aromatic nitrogens is 6. The predicted molar refractivity (Wildman–Crippen MR) is 153 cm³/mol. The number of pyridine rings is 1. The Morgan fingerprint density at radius 2 is 1.88 bits per heavy atom. The van der Waals surface area contributed by atoms with E-state index in [-0.39, 0.29) is 42.3 Å². The molecule has 5 heterocycles. The van der Waals surface area contributed by atoms with Gasteiger partial charge in [-0.1, -0.05) is 0 Å². The number of aryl methyl sites for hydroxylation is 1. The number of imide groups is 1. The average Bonchev–Trinajstić information content (AvgIpc) is 3.90. The molecule has 1 saturated heterocycles. The molecular weight excluding hydrogens is 536 g/mol. The molecule has 3 fully saturated rings. The van der Waals surface area contributed by atoms with Gasteiger partial charge in [-0.2, -0.15) is 0 Å². The molecule has 2 aliphatic carbocycles. The van der Waals surface area contributed by atoms with Crippen LogP contribution in [0.4, 0.5) is 22.1 Å². The number of nitrogens with one attached hydrogen (secondary N) is 2. The first kappa shape index (κ1) is 26.0. The van der Waals surface area contributed by atoms with E-state index in [4.69, 9.17) is 4.98 Å². The highest BCUT2D eigenvalue weighted by Gasteiger charge is 2.46. The molecule has 214 valence electrons. The molecule has 13 heteroatoms. The van der Waals surface area contributed by atoms with Crippen molar-refractivity contribution >= 4 is 40.8 Å². The molecule has 4 aromatic heterocycles. The molecular formula is C29H30N10O3. The Balaban J connectivity index is 1.08. The van der Waals surface area contributed by atoms with Crippen molar-refractivity contribution in [3.05, 3.63) is 65.9 Å². The topological polar surface area (TPSA) is 151 Å². The second-order valence-electron chi connectivity index (χ2n) is 11.3. The van der Waals surface area contributed by atoms with Crippen molar-refractivity contribution in [2.75, 3.05) is 29.1 Å². The SMILES string of the molecule is Cc1ccnc(C2CC2C(=O)Nc2cc(N[C@H](C)c3cn4cc(C5CC5)cc(N5CC(=O)N(C)C5=O)c4n3)ncn2)n1. The molecule has 7 rings (SSSR count). The van der Waals surface area contributed by atoms with Crippen LogP contribution in [-0.2, 0) is 9.59 Å². The van der Waals surface area contributed by atoms with Gasteiger partial charge in [-0.15, -0.1) is 0 Å². The van der Waals surface area contributed by atoms with Crippen molar-refractivity contribution in [3.63, 3.8) is 0 Å². The normalized spacial score (nSPS) is 20.7. The monoisotopic (exact) mass is 566 g/mol. The molecule has 3 aliphatic rings. The third kappa shape index (κ3) is 4.80. The fourth-order valence-electron chi connectivity index (χ4n) is 5.39. The predicted octanol–water partition coefficient (Wildman–Crippen LogP) is 3.41. The van der Waals surface area contributed by atoms with Gasteiger partial charge < -0.3 is 15.0 Å². The van der Waals surface area contributed by atoms with Gasteiger partial charge in [0.05, 0.1) is 17.4 Å². The van der Waals surface area contributed by atoms with E-state index in [1.807, 2.05) is 36.6 Å². The van der Waals surface area contributed by atoms with E-state index in [0.29, 0.717) is 41.1 Å². The van der Waals surface area contributed by atoms with Crippen molar-refractivity contribution in [1.82, 2.24) is 34.2 Å². The van der Waals surface area contributed by atoms with Gasteiger partial charge in [0.25, 0.3) is 0 Å². The maximum atomic E-state index is 12.9. The van der Waals surface area contributed by atoms with Gasteiger partial charge in [-0.25, -0.2) is 29.7 Å². The molecule has 0 aromatic carbocycles. The van der Waals surface area contributed by atoms with Crippen LogP contribution < -0.4 is 15.5 Å². The molecule has 3 atom stereocenters. The fourth-order valence-corrected chi connectivity index (χ4v) is 5.39. The summed E-state index contributed by atoms with van der Waals surface area (Å²) in [5, 5.41) is 6.23. The maximum absolute atomic E-state index is 12.9. The Bertz CT molecular complexity index is 1750. The zero-order valence-corrected chi connectivity index (χ0v) is 23.5. The van der Waals surface area contributed by atoms with Gasteiger partial charge in [0.15, 0.2) is 5.65 Å². The van der Waals surface area contributed by atoms with Gasteiger partial charge in [0, 0.05) is 49.2 Å². The molecule has 4 aromatic rings. The first-order valence-electron chi connectivity index (χ1n) is 14.0. The number of nitrogens with zero attached hydrogens (tertiary/aromatic N) is 8. The Hall–Kier alpha value is -4.94. The van der Waals surface area contributed by atoms with Crippen LogP contribution >= 0.6 is 0 Å². The zero-order valence-electron chi connectivity index (χ0n) is 23.5. The number of imidazole rings is 1. The highest BCUT2D eigenvalue weighted by molar-refractivity contribution is 6.13. The highest BCUT2D eigenvalue weighted by Crippen LogP contribution is 2.46. The summed E-state index contributed by atoms with van der Waals surface area (Å²) >= 11 is 0. The minimum atomic E-state index is -0.356. The number of likely N-dealkylation sites (N-methyl/N-ethyl adjacent to an activating group) is 1. The Morgan fingerprint density at radius 3 is 2.62 bits per heavy atom. The van der Waals surface area contributed by atoms with Crippen LogP contribution in [0.3, 0.4) is 0 Å². The molecule has 0 bridgehead atoms. The fraction of sp³-hybridized carbons (Fsp3) is 0.379. The summed E-state index contributed by atoms with van der Waals surface area (Å²) in [6.45, 7) is 3.85. The maximum Gasteiger partial charge on any atom is 0.331 e. The number of fused-ring (bicyclic) bond motifs is 1. The third-order valence-electron chi connectivity index (χ3n) is 8.10. The van der Waals surface area contributed by atoms with Gasteiger partial charge in [-0.05, 0) is 56.7 Å². The van der Waals surface area contributed by atoms with E-state index in [0.717, 1.165) is 34.7 Å². The molecule has 4 amide bonds. The van der Waals surface area contributed by atoms with Gasteiger partial charge >= 0.3 is 6.03 Å². The number of hydrogen-bond acceptors (Lipinski definition) is 9. The van der Waals surface area contributed by atoms with E-state index in [1.54, 1.807) is 12.3 Å². The van der Waals surface area contributed by atoms with Crippen LogP contribution in [0.1, 0.15) is 66.8 Å². The summed E-state index contributed by atoms with van der Waals surface area (Å²) in [6.07, 6.45) is 10.0. The molecule has 42 heavy (non-hydrogen) atoms. The number of carbonyl (C=O) groups is 3. The van der Waals surface area contributed by atoms with E-state index in [1.165, 1.54) is 18.3 Å². The zero-order chi connectivity index (χ0) is 29.1. The number of anilines is 3. The molecule has 2 saturated carbocycles. The summed E-state index contributed by atoms with van der Waals surface area (Å²) in [5.41, 5.74) is 3.97. The molecule has 0 spiro atoms. The lowest BCUT2D eigenvalue weighted by Crippen LogP contribution is -2.30. The summed E-state index contributed by atoms with van der Waals surface area (Å²) in [5.74, 6) is 1.52. The first-order chi connectivity index (χ1) is 20.2. The van der Waals surface area contributed by atoms with Crippen LogP contribution in [0.5, 0.6) is 0 Å². The van der Waals surface area contributed by atoms with E-state index in [2.05, 4.69) is 36.8 Å². The van der Waals surface area contributed by atoms with E-state index in [9.17, 15) is 14.4 Å². The minimum Gasteiger partial charge on any atom is -0.362 e. The minimum absolute atomic E-state index is 0.00976. The van der Waals surface area contributed by atoms with Crippen molar-refractivity contribution in [2.24, 2.45) is 5.92 Å². The number of urea groups is 1. The number of rotatable bonds is 8. The highest BCUT2D eigenvalue weighted by atomic mass is 16.2. The second kappa shape index (κ2) is 9.86. The summed E-state index contributed by atoms with van der Waals surface area (Å²) < 4.78 is 1.93. The molecule has 2 N–H and O–H groups in total. The van der Waals surface area contributed by atoms with Crippen molar-refractivity contribution in [1.29, 1.82) is 0 Å². The second-order valence-corrected chi connectivity index (χ2v) is 11.3.